The second kappa shape index (κ2) is 7.20. The van der Waals surface area contributed by atoms with Crippen molar-refractivity contribution in [1.82, 2.24) is 14.5 Å². The maximum atomic E-state index is 6.31. The minimum absolute atomic E-state index is 0.134. The molecule has 128 valence electrons. The van der Waals surface area contributed by atoms with Crippen molar-refractivity contribution < 1.29 is 0 Å². The first kappa shape index (κ1) is 16.6. The Morgan fingerprint density at radius 2 is 1.92 bits per heavy atom. The van der Waals surface area contributed by atoms with E-state index in [0.717, 1.165) is 37.3 Å². The summed E-state index contributed by atoms with van der Waals surface area (Å²) in [4.78, 5) is 6.98. The number of halogens is 2. The molecule has 3 heterocycles. The summed E-state index contributed by atoms with van der Waals surface area (Å²) >= 11 is 12.4. The van der Waals surface area contributed by atoms with Crippen molar-refractivity contribution in [2.24, 2.45) is 0 Å². The fraction of sp³-hybridized carbons (Fsp3) is 0.250. The van der Waals surface area contributed by atoms with Crippen LogP contribution >= 0.6 is 23.2 Å². The highest BCUT2D eigenvalue weighted by atomic mass is 35.5. The predicted molar refractivity (Wildman–Crippen MR) is 102 cm³/mol. The summed E-state index contributed by atoms with van der Waals surface area (Å²) < 4.78 is 2.34. The van der Waals surface area contributed by atoms with Gasteiger partial charge in [-0.3, -0.25) is 9.88 Å². The summed E-state index contributed by atoms with van der Waals surface area (Å²) in [5, 5.41) is 1.19. The van der Waals surface area contributed by atoms with Gasteiger partial charge in [0.05, 0.1) is 21.8 Å². The fourth-order valence-electron chi connectivity index (χ4n) is 3.57. The van der Waals surface area contributed by atoms with E-state index in [-0.39, 0.29) is 6.04 Å². The van der Waals surface area contributed by atoms with Gasteiger partial charge in [0.25, 0.3) is 0 Å². The highest BCUT2D eigenvalue weighted by molar-refractivity contribution is 6.42. The van der Waals surface area contributed by atoms with E-state index in [1.807, 2.05) is 30.5 Å². The van der Waals surface area contributed by atoms with Crippen molar-refractivity contribution in [3.63, 3.8) is 0 Å². The van der Waals surface area contributed by atoms with E-state index in [1.165, 1.54) is 5.69 Å². The van der Waals surface area contributed by atoms with Crippen LogP contribution in [0.2, 0.25) is 10.0 Å². The van der Waals surface area contributed by atoms with E-state index >= 15 is 0 Å². The molecule has 25 heavy (non-hydrogen) atoms. The third kappa shape index (κ3) is 3.45. The summed E-state index contributed by atoms with van der Waals surface area (Å²) in [5.41, 5.74) is 3.52. The molecule has 0 saturated heterocycles. The van der Waals surface area contributed by atoms with E-state index in [2.05, 4.69) is 44.9 Å². The second-order valence-electron chi connectivity index (χ2n) is 6.35. The molecule has 1 aromatic carbocycles. The quantitative estimate of drug-likeness (QED) is 0.631. The highest BCUT2D eigenvalue weighted by Gasteiger charge is 2.28. The maximum Gasteiger partial charge on any atom is 0.0760 e. The number of aryl methyl sites for hydroxylation is 1. The van der Waals surface area contributed by atoms with Gasteiger partial charge in [0.15, 0.2) is 0 Å². The third-order valence-electron chi connectivity index (χ3n) is 4.70. The molecule has 5 heteroatoms. The second-order valence-corrected chi connectivity index (χ2v) is 7.16. The minimum atomic E-state index is 0.134. The molecule has 4 rings (SSSR count). The Bertz CT molecular complexity index is 860. The Labute approximate surface area is 157 Å². The molecule has 0 spiro atoms. The Morgan fingerprint density at radius 1 is 1.00 bits per heavy atom. The van der Waals surface area contributed by atoms with Gasteiger partial charge in [-0.2, -0.15) is 0 Å². The smallest absolute Gasteiger partial charge is 0.0760 e. The number of nitrogens with zero attached hydrogens (tertiary/aromatic N) is 3. The first-order valence-electron chi connectivity index (χ1n) is 8.46. The van der Waals surface area contributed by atoms with Crippen LogP contribution in [0.4, 0.5) is 0 Å². The van der Waals surface area contributed by atoms with Gasteiger partial charge in [-0.1, -0.05) is 35.3 Å². The molecule has 2 aromatic heterocycles. The lowest BCUT2D eigenvalue weighted by Crippen LogP contribution is -2.29. The highest BCUT2D eigenvalue weighted by Crippen LogP contribution is 2.35. The van der Waals surface area contributed by atoms with Gasteiger partial charge < -0.3 is 4.57 Å². The normalized spacial score (nSPS) is 17.9. The van der Waals surface area contributed by atoms with Gasteiger partial charge in [0.2, 0.25) is 0 Å². The molecule has 3 nitrogen and oxygen atoms in total. The molecule has 0 amide bonds. The van der Waals surface area contributed by atoms with Crippen molar-refractivity contribution >= 4 is 23.2 Å². The zero-order chi connectivity index (χ0) is 17.2. The van der Waals surface area contributed by atoms with Crippen LogP contribution in [0.5, 0.6) is 0 Å². The van der Waals surface area contributed by atoms with Gasteiger partial charge in [-0.05, 0) is 48.4 Å². The lowest BCUT2D eigenvalue weighted by atomic mass is 10.0. The van der Waals surface area contributed by atoms with Gasteiger partial charge in [0.1, 0.15) is 0 Å². The van der Waals surface area contributed by atoms with Crippen molar-refractivity contribution in [3.8, 4) is 0 Å². The van der Waals surface area contributed by atoms with Crippen LogP contribution in [0.25, 0.3) is 0 Å². The molecule has 0 aliphatic carbocycles. The number of hydrogen-bond acceptors (Lipinski definition) is 2. The molecule has 1 atom stereocenters. The summed E-state index contributed by atoms with van der Waals surface area (Å²) in [6.07, 6.45) is 5.11. The summed E-state index contributed by atoms with van der Waals surface area (Å²) in [6.45, 7) is 2.83. The molecule has 0 radical (unpaired) electrons. The molecular weight excluding hydrogens is 353 g/mol. The SMILES string of the molecule is Clc1ccc(C2c3cccn3CCCN2Cc2ccccn2)cc1Cl. The van der Waals surface area contributed by atoms with Gasteiger partial charge in [-0.15, -0.1) is 0 Å². The molecule has 1 unspecified atom stereocenters. The predicted octanol–water partition coefficient (Wildman–Crippen LogP) is 5.19. The molecule has 0 N–H and O–H groups in total. The number of pyridine rings is 1. The summed E-state index contributed by atoms with van der Waals surface area (Å²) in [6, 6.07) is 16.5. The monoisotopic (exact) mass is 371 g/mol. The Morgan fingerprint density at radius 3 is 2.72 bits per heavy atom. The van der Waals surface area contributed by atoms with E-state index in [4.69, 9.17) is 23.2 Å². The largest absolute Gasteiger partial charge is 0.350 e. The van der Waals surface area contributed by atoms with Crippen molar-refractivity contribution in [2.45, 2.75) is 25.6 Å². The van der Waals surface area contributed by atoms with Gasteiger partial charge in [0, 0.05) is 37.7 Å². The van der Waals surface area contributed by atoms with Crippen molar-refractivity contribution in [2.75, 3.05) is 6.54 Å². The molecule has 0 fully saturated rings. The molecular formula is C20H19Cl2N3. The average molecular weight is 372 g/mol. The number of hydrogen-bond donors (Lipinski definition) is 0. The number of benzene rings is 1. The van der Waals surface area contributed by atoms with E-state index in [0.29, 0.717) is 10.0 Å². The molecule has 3 aromatic rings. The summed E-state index contributed by atoms with van der Waals surface area (Å²) in [7, 11) is 0. The fourth-order valence-corrected chi connectivity index (χ4v) is 3.88. The average Bonchev–Trinajstić information content (AvgIpc) is 3.00. The Balaban J connectivity index is 1.76. The van der Waals surface area contributed by atoms with Crippen molar-refractivity contribution in [1.29, 1.82) is 0 Å². The zero-order valence-electron chi connectivity index (χ0n) is 13.8. The molecule has 0 saturated carbocycles. The lowest BCUT2D eigenvalue weighted by Gasteiger charge is -2.30. The standard InChI is InChI=1S/C20H19Cl2N3/c21-17-8-7-15(13-18(17)22)20-19-6-3-10-24(19)11-4-12-25(20)14-16-5-1-2-9-23-16/h1-3,5-10,13,20H,4,11-12,14H2. The van der Waals surface area contributed by atoms with E-state index in [1.54, 1.807) is 0 Å². The molecule has 0 bridgehead atoms. The van der Waals surface area contributed by atoms with Crippen LogP contribution in [0.15, 0.2) is 60.9 Å². The van der Waals surface area contributed by atoms with Crippen LogP contribution in [0, 0.1) is 0 Å². The molecule has 1 aliphatic rings. The first-order valence-corrected chi connectivity index (χ1v) is 9.22. The van der Waals surface area contributed by atoms with Gasteiger partial charge >= 0.3 is 0 Å². The van der Waals surface area contributed by atoms with Crippen LogP contribution in [0.3, 0.4) is 0 Å². The van der Waals surface area contributed by atoms with Gasteiger partial charge in [-0.25, -0.2) is 0 Å². The molecule has 1 aliphatic heterocycles. The number of fused-ring (bicyclic) bond motifs is 1. The lowest BCUT2D eigenvalue weighted by molar-refractivity contribution is 0.218. The van der Waals surface area contributed by atoms with Crippen LogP contribution < -0.4 is 0 Å². The zero-order valence-corrected chi connectivity index (χ0v) is 15.3. The topological polar surface area (TPSA) is 21.1 Å². The van der Waals surface area contributed by atoms with Crippen LogP contribution in [-0.2, 0) is 13.1 Å². The number of rotatable bonds is 3. The van der Waals surface area contributed by atoms with E-state index in [9.17, 15) is 0 Å². The maximum absolute atomic E-state index is 6.31. The Kier molecular flexibility index (Phi) is 4.80. The summed E-state index contributed by atoms with van der Waals surface area (Å²) in [5.74, 6) is 0. The van der Waals surface area contributed by atoms with Crippen molar-refractivity contribution in [3.05, 3.63) is 87.9 Å². The first-order chi connectivity index (χ1) is 12.2. The van der Waals surface area contributed by atoms with E-state index < -0.39 is 0 Å². The van der Waals surface area contributed by atoms with Crippen LogP contribution in [0.1, 0.15) is 29.4 Å². The number of aromatic nitrogens is 2. The Hall–Kier alpha value is -1.81. The van der Waals surface area contributed by atoms with Crippen LogP contribution in [-0.4, -0.2) is 21.0 Å². The third-order valence-corrected chi connectivity index (χ3v) is 5.44. The minimum Gasteiger partial charge on any atom is -0.350 e.